The minimum Gasteiger partial charge on any atom is -0.340 e. The maximum Gasteiger partial charge on any atom is 0.419 e. The summed E-state index contributed by atoms with van der Waals surface area (Å²) in [4.78, 5) is 7.32. The lowest BCUT2D eigenvalue weighted by molar-refractivity contribution is -0.137. The van der Waals surface area contributed by atoms with Crippen molar-refractivity contribution >= 4 is 23.1 Å². The molecule has 0 aliphatic rings. The topological polar surface area (TPSA) is 37.8 Å². The number of rotatable bonds is 2. The number of hydrogen-bond acceptors (Lipinski definition) is 3. The van der Waals surface area contributed by atoms with E-state index in [0.29, 0.717) is 12.0 Å². The smallest absolute Gasteiger partial charge is 0.340 e. The monoisotopic (exact) mass is 273 g/mol. The van der Waals surface area contributed by atoms with E-state index in [1.54, 1.807) is 18.2 Å². The molecular weight excluding hydrogens is 267 g/mol. The molecule has 0 atom stereocenters. The zero-order chi connectivity index (χ0) is 13.2. The van der Waals surface area contributed by atoms with Gasteiger partial charge in [0, 0.05) is 12.4 Å². The van der Waals surface area contributed by atoms with Crippen LogP contribution in [-0.4, -0.2) is 9.97 Å². The van der Waals surface area contributed by atoms with Gasteiger partial charge in [0.1, 0.15) is 11.0 Å². The standard InChI is InChI=1S/C11H7ClF3N3/c12-9-5-8(7(6-17-9)11(13,14)15)18-10-3-1-2-4-16-10/h1-6H,(H,16,17,18). The number of anilines is 2. The molecule has 0 unspecified atom stereocenters. The second-order valence-electron chi connectivity index (χ2n) is 3.39. The zero-order valence-electron chi connectivity index (χ0n) is 8.87. The van der Waals surface area contributed by atoms with Gasteiger partial charge in [-0.25, -0.2) is 9.97 Å². The minimum absolute atomic E-state index is 0.0265. The Labute approximate surface area is 106 Å². The maximum absolute atomic E-state index is 12.7. The quantitative estimate of drug-likeness (QED) is 0.844. The van der Waals surface area contributed by atoms with Crippen molar-refractivity contribution in [2.75, 3.05) is 5.32 Å². The molecule has 0 aliphatic heterocycles. The molecule has 2 heterocycles. The van der Waals surface area contributed by atoms with Crippen LogP contribution in [0.4, 0.5) is 24.7 Å². The van der Waals surface area contributed by atoms with Crippen LogP contribution in [0, 0.1) is 0 Å². The second-order valence-corrected chi connectivity index (χ2v) is 3.78. The van der Waals surface area contributed by atoms with Crippen LogP contribution in [0.5, 0.6) is 0 Å². The van der Waals surface area contributed by atoms with Gasteiger partial charge >= 0.3 is 6.18 Å². The molecule has 0 aliphatic carbocycles. The van der Waals surface area contributed by atoms with E-state index in [1.165, 1.54) is 6.20 Å². The Hall–Kier alpha value is -1.82. The van der Waals surface area contributed by atoms with E-state index < -0.39 is 11.7 Å². The van der Waals surface area contributed by atoms with E-state index in [-0.39, 0.29) is 10.8 Å². The molecule has 0 saturated carbocycles. The van der Waals surface area contributed by atoms with Crippen LogP contribution >= 0.6 is 11.6 Å². The highest BCUT2D eigenvalue weighted by Gasteiger charge is 2.34. The number of aromatic nitrogens is 2. The van der Waals surface area contributed by atoms with Crippen molar-refractivity contribution < 1.29 is 13.2 Å². The van der Waals surface area contributed by atoms with Crippen LogP contribution in [0.25, 0.3) is 0 Å². The third kappa shape index (κ3) is 2.89. The van der Waals surface area contributed by atoms with Crippen LogP contribution in [-0.2, 0) is 6.18 Å². The second kappa shape index (κ2) is 4.81. The lowest BCUT2D eigenvalue weighted by Crippen LogP contribution is -2.09. The van der Waals surface area contributed by atoms with Crippen molar-refractivity contribution in [2.24, 2.45) is 0 Å². The molecule has 0 amide bonds. The average Bonchev–Trinajstić information content (AvgIpc) is 2.28. The number of hydrogen-bond donors (Lipinski definition) is 1. The lowest BCUT2D eigenvalue weighted by Gasteiger charge is -2.13. The van der Waals surface area contributed by atoms with Gasteiger partial charge in [-0.05, 0) is 18.2 Å². The highest BCUT2D eigenvalue weighted by Crippen LogP contribution is 2.36. The molecule has 18 heavy (non-hydrogen) atoms. The summed E-state index contributed by atoms with van der Waals surface area (Å²) in [6, 6.07) is 5.98. The van der Waals surface area contributed by atoms with Crippen LogP contribution < -0.4 is 5.32 Å². The summed E-state index contributed by atoms with van der Waals surface area (Å²) >= 11 is 5.59. The molecule has 2 aromatic heterocycles. The molecule has 7 heteroatoms. The summed E-state index contributed by atoms with van der Waals surface area (Å²) in [5.41, 5.74) is -1.07. The van der Waals surface area contributed by atoms with Crippen molar-refractivity contribution in [2.45, 2.75) is 6.18 Å². The molecule has 1 N–H and O–H groups in total. The fourth-order valence-corrected chi connectivity index (χ4v) is 1.49. The Balaban J connectivity index is 2.40. The summed E-state index contributed by atoms with van der Waals surface area (Å²) in [5, 5.41) is 2.54. The molecule has 0 aromatic carbocycles. The fourth-order valence-electron chi connectivity index (χ4n) is 1.33. The maximum atomic E-state index is 12.7. The predicted molar refractivity (Wildman–Crippen MR) is 61.8 cm³/mol. The molecule has 0 radical (unpaired) electrons. The van der Waals surface area contributed by atoms with E-state index in [9.17, 15) is 13.2 Å². The van der Waals surface area contributed by atoms with Crippen LogP contribution in [0.1, 0.15) is 5.56 Å². The first-order valence-corrected chi connectivity index (χ1v) is 5.25. The molecule has 0 saturated heterocycles. The van der Waals surface area contributed by atoms with Gasteiger partial charge in [0.15, 0.2) is 0 Å². The first kappa shape index (κ1) is 12.6. The molecular formula is C11H7ClF3N3. The largest absolute Gasteiger partial charge is 0.419 e. The van der Waals surface area contributed by atoms with Gasteiger partial charge < -0.3 is 5.32 Å². The van der Waals surface area contributed by atoms with Crippen molar-refractivity contribution in [3.8, 4) is 0 Å². The number of halogens is 4. The molecule has 94 valence electrons. The summed E-state index contributed by atoms with van der Waals surface area (Å²) < 4.78 is 38.2. The Morgan fingerprint density at radius 3 is 2.56 bits per heavy atom. The third-order valence-corrected chi connectivity index (χ3v) is 2.31. The number of alkyl halides is 3. The predicted octanol–water partition coefficient (Wildman–Crippen LogP) is 3.89. The van der Waals surface area contributed by atoms with Crippen molar-refractivity contribution in [1.29, 1.82) is 0 Å². The first-order valence-electron chi connectivity index (χ1n) is 4.87. The van der Waals surface area contributed by atoms with E-state index in [4.69, 9.17) is 11.6 Å². The van der Waals surface area contributed by atoms with Gasteiger partial charge in [-0.1, -0.05) is 17.7 Å². The van der Waals surface area contributed by atoms with Crippen molar-refractivity contribution in [3.05, 3.63) is 47.4 Å². The Morgan fingerprint density at radius 1 is 1.17 bits per heavy atom. The van der Waals surface area contributed by atoms with E-state index in [0.717, 1.165) is 6.07 Å². The number of nitrogens with one attached hydrogen (secondary N) is 1. The Bertz CT molecular complexity index is 543. The van der Waals surface area contributed by atoms with Gasteiger partial charge in [-0.15, -0.1) is 0 Å². The first-order chi connectivity index (χ1) is 8.47. The van der Waals surface area contributed by atoms with Crippen molar-refractivity contribution in [1.82, 2.24) is 9.97 Å². The van der Waals surface area contributed by atoms with Gasteiger partial charge in [0.2, 0.25) is 0 Å². The van der Waals surface area contributed by atoms with Crippen LogP contribution in [0.15, 0.2) is 36.7 Å². The Kier molecular flexibility index (Phi) is 3.38. The number of nitrogens with zero attached hydrogens (tertiary/aromatic N) is 2. The van der Waals surface area contributed by atoms with E-state index >= 15 is 0 Å². The van der Waals surface area contributed by atoms with Gasteiger partial charge in [-0.2, -0.15) is 13.2 Å². The van der Waals surface area contributed by atoms with E-state index in [2.05, 4.69) is 15.3 Å². The van der Waals surface area contributed by atoms with Crippen LogP contribution in [0.2, 0.25) is 5.15 Å². The molecule has 2 aromatic rings. The minimum atomic E-state index is -4.51. The highest BCUT2D eigenvalue weighted by atomic mass is 35.5. The summed E-state index contributed by atoms with van der Waals surface area (Å²) in [7, 11) is 0. The fraction of sp³-hybridized carbons (Fsp3) is 0.0909. The summed E-state index contributed by atoms with van der Waals surface area (Å²) in [6.07, 6.45) is -2.35. The average molecular weight is 274 g/mol. The van der Waals surface area contributed by atoms with Gasteiger partial charge in [0.25, 0.3) is 0 Å². The summed E-state index contributed by atoms with van der Waals surface area (Å²) in [6.45, 7) is 0. The summed E-state index contributed by atoms with van der Waals surface area (Å²) in [5.74, 6) is 0.297. The third-order valence-electron chi connectivity index (χ3n) is 2.10. The van der Waals surface area contributed by atoms with E-state index in [1.807, 2.05) is 0 Å². The highest BCUT2D eigenvalue weighted by molar-refractivity contribution is 6.29. The normalized spacial score (nSPS) is 11.3. The number of pyridine rings is 2. The molecule has 0 fully saturated rings. The van der Waals surface area contributed by atoms with Crippen LogP contribution in [0.3, 0.4) is 0 Å². The van der Waals surface area contributed by atoms with Gasteiger partial charge in [0.05, 0.1) is 11.3 Å². The van der Waals surface area contributed by atoms with Gasteiger partial charge in [-0.3, -0.25) is 0 Å². The zero-order valence-corrected chi connectivity index (χ0v) is 9.63. The molecule has 2 rings (SSSR count). The molecule has 0 spiro atoms. The Morgan fingerprint density at radius 2 is 1.94 bits per heavy atom. The SMILES string of the molecule is FC(F)(F)c1cnc(Cl)cc1Nc1ccccn1. The molecule has 0 bridgehead atoms. The van der Waals surface area contributed by atoms with Crippen molar-refractivity contribution in [3.63, 3.8) is 0 Å². The lowest BCUT2D eigenvalue weighted by atomic mass is 10.2. The molecule has 3 nitrogen and oxygen atoms in total.